The van der Waals surface area contributed by atoms with Crippen LogP contribution in [0.3, 0.4) is 0 Å². The smallest absolute Gasteiger partial charge is 0.223 e. The molecule has 3 nitrogen and oxygen atoms in total. The van der Waals surface area contributed by atoms with E-state index in [9.17, 15) is 4.39 Å². The number of rotatable bonds is 4. The standard InChI is InChI=1S/C13H14FN3S/c1-3-15-13-16-9(2)8-12(17-13)18-11-7-5-4-6-10(11)14/h4-8H,3H2,1-2H3,(H,15,16,17). The molecule has 1 N–H and O–H groups in total. The molecule has 0 amide bonds. The SMILES string of the molecule is CCNc1nc(C)cc(Sc2ccccc2F)n1. The van der Waals surface area contributed by atoms with Crippen LogP contribution in [0.5, 0.6) is 0 Å². The molecule has 0 saturated heterocycles. The van der Waals surface area contributed by atoms with Gasteiger partial charge in [-0.2, -0.15) is 0 Å². The Hall–Kier alpha value is -1.62. The molecule has 0 radical (unpaired) electrons. The molecule has 2 rings (SSSR count). The van der Waals surface area contributed by atoms with E-state index in [2.05, 4.69) is 15.3 Å². The largest absolute Gasteiger partial charge is 0.354 e. The van der Waals surface area contributed by atoms with Crippen molar-refractivity contribution in [3.63, 3.8) is 0 Å². The van der Waals surface area contributed by atoms with Gasteiger partial charge in [-0.05, 0) is 32.0 Å². The van der Waals surface area contributed by atoms with Gasteiger partial charge < -0.3 is 5.32 Å². The Kier molecular flexibility index (Phi) is 4.15. The topological polar surface area (TPSA) is 37.8 Å². The third kappa shape index (κ3) is 3.20. The van der Waals surface area contributed by atoms with Gasteiger partial charge in [0.15, 0.2) is 0 Å². The van der Waals surface area contributed by atoms with E-state index in [0.29, 0.717) is 10.8 Å². The molecule has 0 aliphatic carbocycles. The zero-order valence-corrected chi connectivity index (χ0v) is 11.1. The van der Waals surface area contributed by atoms with Crippen molar-refractivity contribution < 1.29 is 4.39 Å². The van der Waals surface area contributed by atoms with Crippen LogP contribution in [0.1, 0.15) is 12.6 Å². The van der Waals surface area contributed by atoms with E-state index in [0.717, 1.165) is 17.3 Å². The molecule has 0 aliphatic heterocycles. The number of hydrogen-bond acceptors (Lipinski definition) is 4. The van der Waals surface area contributed by atoms with E-state index >= 15 is 0 Å². The van der Waals surface area contributed by atoms with Gasteiger partial charge in [-0.3, -0.25) is 0 Å². The molecule has 0 saturated carbocycles. The van der Waals surface area contributed by atoms with E-state index in [1.165, 1.54) is 17.8 Å². The molecule has 0 spiro atoms. The van der Waals surface area contributed by atoms with E-state index in [1.54, 1.807) is 12.1 Å². The van der Waals surface area contributed by atoms with Gasteiger partial charge in [0, 0.05) is 17.1 Å². The van der Waals surface area contributed by atoms with Crippen molar-refractivity contribution in [1.82, 2.24) is 9.97 Å². The molecule has 0 fully saturated rings. The third-order valence-corrected chi connectivity index (χ3v) is 3.19. The average molecular weight is 263 g/mol. The summed E-state index contributed by atoms with van der Waals surface area (Å²) < 4.78 is 13.5. The second kappa shape index (κ2) is 5.82. The summed E-state index contributed by atoms with van der Waals surface area (Å²) >= 11 is 1.30. The summed E-state index contributed by atoms with van der Waals surface area (Å²) in [6.45, 7) is 4.64. The summed E-state index contributed by atoms with van der Waals surface area (Å²) in [5.41, 5.74) is 0.861. The maximum absolute atomic E-state index is 13.5. The van der Waals surface area contributed by atoms with Crippen molar-refractivity contribution in [2.45, 2.75) is 23.8 Å². The molecule has 5 heteroatoms. The van der Waals surface area contributed by atoms with Crippen LogP contribution in [0.15, 0.2) is 40.3 Å². The molecule has 18 heavy (non-hydrogen) atoms. The third-order valence-electron chi connectivity index (χ3n) is 2.22. The zero-order valence-electron chi connectivity index (χ0n) is 10.3. The number of halogens is 1. The monoisotopic (exact) mass is 263 g/mol. The fourth-order valence-electron chi connectivity index (χ4n) is 1.47. The second-order valence-corrected chi connectivity index (χ2v) is 4.80. The van der Waals surface area contributed by atoms with Crippen LogP contribution in [0.2, 0.25) is 0 Å². The van der Waals surface area contributed by atoms with Crippen LogP contribution in [0.25, 0.3) is 0 Å². The van der Waals surface area contributed by atoms with Gasteiger partial charge in [0.2, 0.25) is 5.95 Å². The first-order valence-corrected chi connectivity index (χ1v) is 6.52. The Morgan fingerprint density at radius 2 is 2.06 bits per heavy atom. The highest BCUT2D eigenvalue weighted by atomic mass is 32.2. The average Bonchev–Trinajstić information content (AvgIpc) is 2.32. The molecule has 0 aliphatic rings. The van der Waals surface area contributed by atoms with Gasteiger partial charge in [0.1, 0.15) is 10.8 Å². The minimum atomic E-state index is -0.233. The highest BCUT2D eigenvalue weighted by molar-refractivity contribution is 7.99. The number of aryl methyl sites for hydroxylation is 1. The van der Waals surface area contributed by atoms with Crippen LogP contribution in [-0.4, -0.2) is 16.5 Å². The van der Waals surface area contributed by atoms with Gasteiger partial charge in [-0.1, -0.05) is 23.9 Å². The Balaban J connectivity index is 2.26. The number of nitrogens with one attached hydrogen (secondary N) is 1. The summed E-state index contributed by atoms with van der Waals surface area (Å²) in [6, 6.07) is 8.52. The van der Waals surface area contributed by atoms with Crippen molar-refractivity contribution >= 4 is 17.7 Å². The molecular formula is C13H14FN3S. The molecular weight excluding hydrogens is 249 g/mol. The minimum absolute atomic E-state index is 0.233. The lowest BCUT2D eigenvalue weighted by molar-refractivity contribution is 0.602. The number of hydrogen-bond donors (Lipinski definition) is 1. The Labute approximate surface area is 110 Å². The lowest BCUT2D eigenvalue weighted by Gasteiger charge is -2.06. The van der Waals surface area contributed by atoms with Crippen molar-refractivity contribution in [3.8, 4) is 0 Å². The molecule has 0 unspecified atom stereocenters. The Bertz CT molecular complexity index is 546. The number of aromatic nitrogens is 2. The van der Waals surface area contributed by atoms with Gasteiger partial charge in [0.05, 0.1) is 0 Å². The maximum atomic E-state index is 13.5. The van der Waals surface area contributed by atoms with E-state index < -0.39 is 0 Å². The first-order valence-electron chi connectivity index (χ1n) is 5.71. The minimum Gasteiger partial charge on any atom is -0.354 e. The highest BCUT2D eigenvalue weighted by Gasteiger charge is 2.06. The van der Waals surface area contributed by atoms with Crippen molar-refractivity contribution in [2.24, 2.45) is 0 Å². The van der Waals surface area contributed by atoms with Gasteiger partial charge in [-0.15, -0.1) is 0 Å². The first kappa shape index (κ1) is 12.8. The van der Waals surface area contributed by atoms with Crippen molar-refractivity contribution in [1.29, 1.82) is 0 Å². The molecule has 1 aromatic carbocycles. The number of anilines is 1. The summed E-state index contributed by atoms with van der Waals surface area (Å²) in [4.78, 5) is 9.16. The van der Waals surface area contributed by atoms with Crippen LogP contribution >= 0.6 is 11.8 Å². The molecule has 1 aromatic heterocycles. The lowest BCUT2D eigenvalue weighted by atomic mass is 10.3. The van der Waals surface area contributed by atoms with E-state index in [4.69, 9.17) is 0 Å². The maximum Gasteiger partial charge on any atom is 0.223 e. The zero-order chi connectivity index (χ0) is 13.0. The molecule has 94 valence electrons. The number of benzene rings is 1. The van der Waals surface area contributed by atoms with Crippen molar-refractivity contribution in [3.05, 3.63) is 41.8 Å². The van der Waals surface area contributed by atoms with Gasteiger partial charge in [0.25, 0.3) is 0 Å². The van der Waals surface area contributed by atoms with E-state index in [-0.39, 0.29) is 5.82 Å². The first-order chi connectivity index (χ1) is 8.69. The lowest BCUT2D eigenvalue weighted by Crippen LogP contribution is -2.03. The summed E-state index contributed by atoms with van der Waals surface area (Å²) in [5.74, 6) is 0.347. The fourth-order valence-corrected chi connectivity index (χ4v) is 2.37. The molecule has 1 heterocycles. The fraction of sp³-hybridized carbons (Fsp3) is 0.231. The molecule has 0 atom stereocenters. The van der Waals surface area contributed by atoms with Gasteiger partial charge in [-0.25, -0.2) is 14.4 Å². The van der Waals surface area contributed by atoms with Gasteiger partial charge >= 0.3 is 0 Å². The predicted molar refractivity (Wildman–Crippen MR) is 71.5 cm³/mol. The molecule has 2 aromatic rings. The summed E-state index contributed by atoms with van der Waals surface area (Å²) in [5, 5.41) is 3.80. The summed E-state index contributed by atoms with van der Waals surface area (Å²) in [6.07, 6.45) is 0. The Morgan fingerprint density at radius 3 is 2.78 bits per heavy atom. The van der Waals surface area contributed by atoms with Crippen molar-refractivity contribution in [2.75, 3.05) is 11.9 Å². The quantitative estimate of drug-likeness (QED) is 0.857. The van der Waals surface area contributed by atoms with Crippen LogP contribution in [0, 0.1) is 12.7 Å². The predicted octanol–water partition coefficient (Wildman–Crippen LogP) is 3.51. The van der Waals surface area contributed by atoms with Crippen LogP contribution in [0.4, 0.5) is 10.3 Å². The second-order valence-electron chi connectivity index (χ2n) is 3.73. The van der Waals surface area contributed by atoms with E-state index in [1.807, 2.05) is 26.0 Å². The summed E-state index contributed by atoms with van der Waals surface area (Å²) in [7, 11) is 0. The normalized spacial score (nSPS) is 10.4. The van der Waals surface area contributed by atoms with Crippen LogP contribution < -0.4 is 5.32 Å². The molecule has 0 bridgehead atoms. The number of nitrogens with zero attached hydrogens (tertiary/aromatic N) is 2. The Morgan fingerprint density at radius 1 is 1.28 bits per heavy atom. The highest BCUT2D eigenvalue weighted by Crippen LogP contribution is 2.28. The van der Waals surface area contributed by atoms with Crippen LogP contribution in [-0.2, 0) is 0 Å².